The van der Waals surface area contributed by atoms with Gasteiger partial charge in [-0.05, 0) is 19.1 Å². The molecule has 1 N–H and O–H groups in total. The van der Waals surface area contributed by atoms with Gasteiger partial charge in [0.1, 0.15) is 5.82 Å². The van der Waals surface area contributed by atoms with Crippen LogP contribution in [0.1, 0.15) is 32.3 Å². The smallest absolute Gasteiger partial charge is 0.125 e. The summed E-state index contributed by atoms with van der Waals surface area (Å²) in [5, 5.41) is 7.32. The Morgan fingerprint density at radius 1 is 1.25 bits per heavy atom. The fraction of sp³-hybridized carbons (Fsp3) is 0.417. The maximum atomic E-state index is 4.36. The summed E-state index contributed by atoms with van der Waals surface area (Å²) in [6.45, 7) is 8.29. The number of aromatic nitrogens is 4. The van der Waals surface area contributed by atoms with E-state index in [4.69, 9.17) is 0 Å². The van der Waals surface area contributed by atoms with Crippen molar-refractivity contribution >= 4 is 0 Å². The van der Waals surface area contributed by atoms with Crippen LogP contribution in [0.3, 0.4) is 0 Å². The van der Waals surface area contributed by atoms with Gasteiger partial charge in [0.15, 0.2) is 0 Å². The van der Waals surface area contributed by atoms with Crippen LogP contribution in [0.15, 0.2) is 18.3 Å². The lowest BCUT2D eigenvalue weighted by Crippen LogP contribution is -2.11. The molecule has 0 amide bonds. The lowest BCUT2D eigenvalue weighted by atomic mass is 9.92. The molecule has 4 heteroatoms. The Kier molecular flexibility index (Phi) is 2.50. The van der Waals surface area contributed by atoms with Crippen molar-refractivity contribution in [1.29, 1.82) is 0 Å². The van der Waals surface area contributed by atoms with Crippen molar-refractivity contribution in [2.24, 2.45) is 0 Å². The number of nitrogens with one attached hydrogen (secondary N) is 1. The highest BCUT2D eigenvalue weighted by atomic mass is 15.1. The van der Waals surface area contributed by atoms with Gasteiger partial charge in [-0.2, -0.15) is 5.10 Å². The molecule has 84 valence electrons. The molecule has 2 aromatic rings. The third kappa shape index (κ3) is 2.10. The molecule has 0 aliphatic rings. The molecule has 0 aromatic carbocycles. The summed E-state index contributed by atoms with van der Waals surface area (Å²) in [4.78, 5) is 8.43. The summed E-state index contributed by atoms with van der Waals surface area (Å²) >= 11 is 0. The second kappa shape index (κ2) is 3.70. The van der Waals surface area contributed by atoms with Crippen LogP contribution in [0.4, 0.5) is 0 Å². The van der Waals surface area contributed by atoms with Gasteiger partial charge in [0, 0.05) is 11.6 Å². The van der Waals surface area contributed by atoms with Crippen LogP contribution in [0.2, 0.25) is 0 Å². The number of hydrogen-bond donors (Lipinski definition) is 1. The minimum atomic E-state index is 0.0524. The first-order valence-electron chi connectivity index (χ1n) is 5.33. The van der Waals surface area contributed by atoms with Gasteiger partial charge >= 0.3 is 0 Å². The highest BCUT2D eigenvalue weighted by Crippen LogP contribution is 2.23. The monoisotopic (exact) mass is 216 g/mol. The van der Waals surface area contributed by atoms with Crippen molar-refractivity contribution in [2.75, 3.05) is 0 Å². The fourth-order valence-electron chi connectivity index (χ4n) is 1.44. The Morgan fingerprint density at radius 3 is 2.56 bits per heavy atom. The number of H-pyrrole nitrogens is 1. The van der Waals surface area contributed by atoms with Crippen LogP contribution < -0.4 is 0 Å². The van der Waals surface area contributed by atoms with Crippen molar-refractivity contribution < 1.29 is 0 Å². The van der Waals surface area contributed by atoms with E-state index in [2.05, 4.69) is 40.9 Å². The summed E-state index contributed by atoms with van der Waals surface area (Å²) in [5.41, 5.74) is 2.92. The predicted octanol–water partition coefficient (Wildman–Crippen LogP) is 2.47. The Balaban J connectivity index is 2.39. The maximum Gasteiger partial charge on any atom is 0.125 e. The molecule has 4 nitrogen and oxygen atoms in total. The molecule has 2 rings (SSSR count). The first kappa shape index (κ1) is 10.8. The first-order chi connectivity index (χ1) is 7.47. The molecule has 0 spiro atoms. The lowest BCUT2D eigenvalue weighted by Gasteiger charge is -2.13. The van der Waals surface area contributed by atoms with E-state index in [0.29, 0.717) is 0 Å². The molecule has 0 aliphatic carbocycles. The van der Waals surface area contributed by atoms with Gasteiger partial charge < -0.3 is 0 Å². The van der Waals surface area contributed by atoms with E-state index < -0.39 is 0 Å². The Labute approximate surface area is 95.1 Å². The van der Waals surface area contributed by atoms with Crippen LogP contribution in [0.5, 0.6) is 0 Å². The number of nitrogens with zero attached hydrogens (tertiary/aromatic N) is 3. The third-order valence-corrected chi connectivity index (χ3v) is 2.40. The number of aryl methyl sites for hydroxylation is 1. The van der Waals surface area contributed by atoms with Gasteiger partial charge in [0.25, 0.3) is 0 Å². The van der Waals surface area contributed by atoms with Gasteiger partial charge in [-0.3, -0.25) is 5.10 Å². The second-order valence-electron chi connectivity index (χ2n) is 4.91. The van der Waals surface area contributed by atoms with Crippen LogP contribution in [-0.2, 0) is 5.41 Å². The molecule has 0 aliphatic heterocycles. The highest BCUT2D eigenvalue weighted by molar-refractivity contribution is 5.54. The van der Waals surface area contributed by atoms with E-state index in [0.717, 1.165) is 22.9 Å². The zero-order valence-electron chi connectivity index (χ0n) is 10.1. The van der Waals surface area contributed by atoms with Gasteiger partial charge in [-0.15, -0.1) is 0 Å². The molecule has 0 unspecified atom stereocenters. The van der Waals surface area contributed by atoms with Crippen LogP contribution in [-0.4, -0.2) is 20.2 Å². The predicted molar refractivity (Wildman–Crippen MR) is 63.1 cm³/mol. The van der Waals surface area contributed by atoms with Crippen LogP contribution in [0, 0.1) is 6.92 Å². The molecule has 0 saturated carbocycles. The number of aromatic amines is 1. The minimum Gasteiger partial charge on any atom is -0.276 e. The fourth-order valence-corrected chi connectivity index (χ4v) is 1.44. The van der Waals surface area contributed by atoms with E-state index in [1.807, 2.05) is 19.1 Å². The third-order valence-electron chi connectivity index (χ3n) is 2.40. The first-order valence-corrected chi connectivity index (χ1v) is 5.33. The Bertz CT molecular complexity index is 494. The molecular weight excluding hydrogens is 200 g/mol. The van der Waals surface area contributed by atoms with Gasteiger partial charge in [0.2, 0.25) is 0 Å². The van der Waals surface area contributed by atoms with E-state index in [1.54, 1.807) is 6.20 Å². The summed E-state index contributed by atoms with van der Waals surface area (Å²) in [6.07, 6.45) is 1.76. The van der Waals surface area contributed by atoms with Crippen molar-refractivity contribution in [2.45, 2.75) is 33.1 Å². The highest BCUT2D eigenvalue weighted by Gasteiger charge is 2.18. The van der Waals surface area contributed by atoms with Gasteiger partial charge in [0.05, 0.1) is 17.1 Å². The average molecular weight is 216 g/mol. The largest absolute Gasteiger partial charge is 0.276 e. The lowest BCUT2D eigenvalue weighted by molar-refractivity contribution is 0.567. The zero-order valence-corrected chi connectivity index (χ0v) is 10.1. The van der Waals surface area contributed by atoms with Crippen molar-refractivity contribution in [3.05, 3.63) is 29.8 Å². The molecule has 0 atom stereocenters. The summed E-state index contributed by atoms with van der Waals surface area (Å²) in [7, 11) is 0. The Hall–Kier alpha value is -1.71. The second-order valence-corrected chi connectivity index (χ2v) is 4.91. The van der Waals surface area contributed by atoms with Gasteiger partial charge in [-0.25, -0.2) is 9.97 Å². The molecule has 2 aromatic heterocycles. The zero-order chi connectivity index (χ0) is 11.8. The van der Waals surface area contributed by atoms with E-state index in [9.17, 15) is 0 Å². The number of rotatable bonds is 1. The van der Waals surface area contributed by atoms with Crippen molar-refractivity contribution in [1.82, 2.24) is 20.2 Å². The number of hydrogen-bond acceptors (Lipinski definition) is 3. The van der Waals surface area contributed by atoms with E-state index >= 15 is 0 Å². The summed E-state index contributed by atoms with van der Waals surface area (Å²) in [5.74, 6) is 0.768. The van der Waals surface area contributed by atoms with Crippen molar-refractivity contribution in [3.63, 3.8) is 0 Å². The van der Waals surface area contributed by atoms with E-state index in [-0.39, 0.29) is 5.41 Å². The normalized spacial score (nSPS) is 11.8. The van der Waals surface area contributed by atoms with Crippen molar-refractivity contribution in [3.8, 4) is 11.4 Å². The molecule has 2 heterocycles. The molecule has 0 bridgehead atoms. The van der Waals surface area contributed by atoms with Gasteiger partial charge in [-0.1, -0.05) is 20.8 Å². The molecule has 16 heavy (non-hydrogen) atoms. The maximum absolute atomic E-state index is 4.36. The molecule has 0 fully saturated rings. The standard InChI is InChI=1S/C12H16N4/c1-8-13-6-5-9(14-8)10-7-11(16-15-10)12(2,3)4/h5-7H,1-4H3,(H,15,16). The average Bonchev–Trinajstić information content (AvgIpc) is 2.65. The molecular formula is C12H16N4. The molecule has 0 saturated heterocycles. The minimum absolute atomic E-state index is 0.0524. The summed E-state index contributed by atoms with van der Waals surface area (Å²) < 4.78 is 0. The van der Waals surface area contributed by atoms with Crippen LogP contribution in [0.25, 0.3) is 11.4 Å². The van der Waals surface area contributed by atoms with E-state index in [1.165, 1.54) is 0 Å². The Morgan fingerprint density at radius 2 is 2.00 bits per heavy atom. The quantitative estimate of drug-likeness (QED) is 0.796. The molecule has 0 radical (unpaired) electrons. The van der Waals surface area contributed by atoms with Crippen LogP contribution >= 0.6 is 0 Å². The SMILES string of the molecule is Cc1nccc(-c2cc(C(C)(C)C)n[nH]2)n1. The summed E-state index contributed by atoms with van der Waals surface area (Å²) in [6, 6.07) is 3.93. The topological polar surface area (TPSA) is 54.5 Å².